The summed E-state index contributed by atoms with van der Waals surface area (Å²) in [5, 5.41) is 11.4. The first-order chi connectivity index (χ1) is 13.7. The van der Waals surface area contributed by atoms with Crippen LogP contribution in [0.4, 0.5) is 8.78 Å². The molecule has 0 saturated carbocycles. The molecule has 1 fully saturated rings. The smallest absolute Gasteiger partial charge is 0.126 e. The number of unbranched alkanes of at least 4 members (excludes halogenated alkanes) is 1. The number of nitrogens with zero attached hydrogens (tertiary/aromatic N) is 1. The largest absolute Gasteiger partial charge is 0.386 e. The Morgan fingerprint density at radius 2 is 1.69 bits per heavy atom. The van der Waals surface area contributed by atoms with Gasteiger partial charge in [0.25, 0.3) is 0 Å². The molecule has 1 saturated heterocycles. The number of hydrogen-bond acceptors (Lipinski definition) is 2. The van der Waals surface area contributed by atoms with Crippen LogP contribution >= 0.6 is 11.6 Å². The van der Waals surface area contributed by atoms with Crippen molar-refractivity contribution >= 4 is 17.2 Å². The van der Waals surface area contributed by atoms with Crippen molar-refractivity contribution < 1.29 is 13.9 Å². The van der Waals surface area contributed by atoms with Crippen LogP contribution in [0.25, 0.3) is 5.57 Å². The van der Waals surface area contributed by atoms with Crippen molar-refractivity contribution in [2.45, 2.75) is 51.7 Å². The highest BCUT2D eigenvalue weighted by atomic mass is 35.5. The number of hydrogen-bond donors (Lipinski definition) is 1. The minimum atomic E-state index is -1.19. The number of aliphatic hydroxyl groups is 1. The van der Waals surface area contributed by atoms with Gasteiger partial charge in [-0.25, -0.2) is 8.78 Å². The molecule has 1 N–H and O–H groups in total. The lowest BCUT2D eigenvalue weighted by molar-refractivity contribution is 0.131. The molecule has 1 unspecified atom stereocenters. The fourth-order valence-corrected chi connectivity index (χ4v) is 4.28. The van der Waals surface area contributed by atoms with E-state index in [1.54, 1.807) is 13.8 Å². The fraction of sp³-hybridized carbons (Fsp3) is 0.417. The van der Waals surface area contributed by atoms with Gasteiger partial charge in [0.15, 0.2) is 0 Å². The average Bonchev–Trinajstić information content (AvgIpc) is 2.58. The summed E-state index contributed by atoms with van der Waals surface area (Å²) in [6.45, 7) is 6.82. The molecule has 0 radical (unpaired) electrons. The molecule has 0 aliphatic carbocycles. The summed E-state index contributed by atoms with van der Waals surface area (Å²) in [4.78, 5) is 2.34. The molecule has 0 spiro atoms. The van der Waals surface area contributed by atoms with E-state index in [0.29, 0.717) is 29.2 Å². The third-order valence-corrected chi connectivity index (χ3v) is 5.68. The Bertz CT molecular complexity index is 858. The van der Waals surface area contributed by atoms with Crippen LogP contribution in [0, 0.1) is 11.6 Å². The summed E-state index contributed by atoms with van der Waals surface area (Å²) in [7, 11) is 0. The fourth-order valence-electron chi connectivity index (χ4n) is 4.15. The van der Waals surface area contributed by atoms with Gasteiger partial charge in [0.2, 0.25) is 0 Å². The van der Waals surface area contributed by atoms with E-state index in [0.717, 1.165) is 30.9 Å². The molecule has 1 atom stereocenters. The maximum atomic E-state index is 13.8. The van der Waals surface area contributed by atoms with Crippen LogP contribution < -0.4 is 0 Å². The SMILES string of the molecule is CCCCC(c1ccc(Cl)cc1)N1CC(=C(c2cc(F)cc(F)c2)C(C)(C)O)C1. The van der Waals surface area contributed by atoms with Crippen molar-refractivity contribution in [1.82, 2.24) is 4.90 Å². The Labute approximate surface area is 176 Å². The molecular weight excluding hydrogens is 392 g/mol. The Morgan fingerprint density at radius 3 is 2.21 bits per heavy atom. The standard InChI is InChI=1S/C24H28ClF2NO/c1-4-5-6-22(16-7-9-19(25)10-8-16)28-14-18(15-28)23(24(2,3)29)17-11-20(26)13-21(27)12-17/h7-13,22,29H,4-6,14-15H2,1-3H3. The molecule has 156 valence electrons. The van der Waals surface area contributed by atoms with E-state index in [9.17, 15) is 13.9 Å². The van der Waals surface area contributed by atoms with E-state index < -0.39 is 17.2 Å². The zero-order valence-electron chi connectivity index (χ0n) is 17.2. The summed E-state index contributed by atoms with van der Waals surface area (Å²) < 4.78 is 27.6. The zero-order chi connectivity index (χ0) is 21.2. The van der Waals surface area contributed by atoms with Crippen LogP contribution in [-0.4, -0.2) is 28.7 Å². The van der Waals surface area contributed by atoms with Crippen LogP contribution in [0.15, 0.2) is 48.0 Å². The normalized spacial score (nSPS) is 15.9. The first-order valence-electron chi connectivity index (χ1n) is 10.1. The molecule has 29 heavy (non-hydrogen) atoms. The van der Waals surface area contributed by atoms with Gasteiger partial charge in [0, 0.05) is 30.2 Å². The number of halogens is 3. The summed E-state index contributed by atoms with van der Waals surface area (Å²) in [6.07, 6.45) is 3.24. The molecule has 0 bridgehead atoms. The zero-order valence-corrected chi connectivity index (χ0v) is 17.9. The van der Waals surface area contributed by atoms with E-state index in [1.807, 2.05) is 12.1 Å². The van der Waals surface area contributed by atoms with E-state index in [-0.39, 0.29) is 6.04 Å². The maximum absolute atomic E-state index is 13.8. The van der Waals surface area contributed by atoms with Crippen LogP contribution in [0.1, 0.15) is 57.2 Å². The molecule has 2 aromatic rings. The molecule has 1 aliphatic heterocycles. The van der Waals surface area contributed by atoms with E-state index in [2.05, 4.69) is 24.0 Å². The van der Waals surface area contributed by atoms with Gasteiger partial charge < -0.3 is 5.11 Å². The molecule has 1 heterocycles. The highest BCUT2D eigenvalue weighted by Gasteiger charge is 2.35. The van der Waals surface area contributed by atoms with Gasteiger partial charge in [-0.2, -0.15) is 0 Å². The first kappa shape index (κ1) is 21.9. The summed E-state index contributed by atoms with van der Waals surface area (Å²) in [6, 6.07) is 11.6. The van der Waals surface area contributed by atoms with Crippen molar-refractivity contribution in [3.8, 4) is 0 Å². The Balaban J connectivity index is 1.90. The van der Waals surface area contributed by atoms with Crippen molar-refractivity contribution in [3.63, 3.8) is 0 Å². The van der Waals surface area contributed by atoms with Crippen LogP contribution in [0.5, 0.6) is 0 Å². The van der Waals surface area contributed by atoms with Crippen LogP contribution in [0.2, 0.25) is 5.02 Å². The second kappa shape index (κ2) is 8.95. The lowest BCUT2D eigenvalue weighted by Crippen LogP contribution is -2.45. The van der Waals surface area contributed by atoms with E-state index >= 15 is 0 Å². The third-order valence-electron chi connectivity index (χ3n) is 5.43. The Hall–Kier alpha value is -1.75. The van der Waals surface area contributed by atoms with Gasteiger partial charge in [-0.1, -0.05) is 43.5 Å². The van der Waals surface area contributed by atoms with Gasteiger partial charge >= 0.3 is 0 Å². The highest BCUT2D eigenvalue weighted by Crippen LogP contribution is 2.39. The quantitative estimate of drug-likeness (QED) is 0.562. The topological polar surface area (TPSA) is 23.5 Å². The molecule has 0 amide bonds. The Kier molecular flexibility index (Phi) is 6.77. The van der Waals surface area contributed by atoms with Gasteiger partial charge in [-0.05, 0) is 66.8 Å². The van der Waals surface area contributed by atoms with Gasteiger partial charge in [-0.3, -0.25) is 4.90 Å². The second-order valence-electron chi connectivity index (χ2n) is 8.31. The predicted molar refractivity (Wildman–Crippen MR) is 115 cm³/mol. The van der Waals surface area contributed by atoms with E-state index in [4.69, 9.17) is 11.6 Å². The first-order valence-corrected chi connectivity index (χ1v) is 10.5. The maximum Gasteiger partial charge on any atom is 0.126 e. The molecule has 5 heteroatoms. The molecule has 2 aromatic carbocycles. The number of likely N-dealkylation sites (tertiary alicyclic amines) is 1. The second-order valence-corrected chi connectivity index (χ2v) is 8.75. The highest BCUT2D eigenvalue weighted by molar-refractivity contribution is 6.30. The van der Waals surface area contributed by atoms with Crippen LogP contribution in [-0.2, 0) is 0 Å². The van der Waals surface area contributed by atoms with Crippen LogP contribution in [0.3, 0.4) is 0 Å². The molecule has 2 nitrogen and oxygen atoms in total. The average molecular weight is 420 g/mol. The van der Waals surface area contributed by atoms with Crippen molar-refractivity contribution in [2.24, 2.45) is 0 Å². The lowest BCUT2D eigenvalue weighted by Gasteiger charge is -2.44. The Morgan fingerprint density at radius 1 is 1.10 bits per heavy atom. The molecule has 1 aliphatic rings. The van der Waals surface area contributed by atoms with Crippen molar-refractivity contribution in [3.05, 3.63) is 75.8 Å². The third kappa shape index (κ3) is 5.25. The monoisotopic (exact) mass is 419 g/mol. The van der Waals surface area contributed by atoms with Crippen molar-refractivity contribution in [2.75, 3.05) is 13.1 Å². The lowest BCUT2D eigenvalue weighted by atomic mass is 9.83. The summed E-state index contributed by atoms with van der Waals surface area (Å²) in [5.41, 5.74) is 2.04. The summed E-state index contributed by atoms with van der Waals surface area (Å²) >= 11 is 6.05. The van der Waals surface area contributed by atoms with Gasteiger partial charge in [0.05, 0.1) is 5.60 Å². The van der Waals surface area contributed by atoms with E-state index in [1.165, 1.54) is 17.7 Å². The number of rotatable bonds is 7. The molecule has 3 rings (SSSR count). The van der Waals surface area contributed by atoms with Gasteiger partial charge in [0.1, 0.15) is 11.6 Å². The summed E-state index contributed by atoms with van der Waals surface area (Å²) in [5.74, 6) is -1.28. The van der Waals surface area contributed by atoms with Gasteiger partial charge in [-0.15, -0.1) is 0 Å². The van der Waals surface area contributed by atoms with Crippen molar-refractivity contribution in [1.29, 1.82) is 0 Å². The minimum absolute atomic E-state index is 0.253. The molecule has 0 aromatic heterocycles. The minimum Gasteiger partial charge on any atom is -0.386 e. The predicted octanol–water partition coefficient (Wildman–Crippen LogP) is 6.39. The number of benzene rings is 2. The molecular formula is C24H28ClF2NO.